The minimum atomic E-state index is 0.570. The number of rotatable bonds is 17. The molecule has 1 aromatic rings. The summed E-state index contributed by atoms with van der Waals surface area (Å²) < 4.78 is 0. The highest BCUT2D eigenvalue weighted by Crippen LogP contribution is 2.34. The molecule has 1 aromatic carbocycles. The van der Waals surface area contributed by atoms with Crippen LogP contribution in [0.3, 0.4) is 0 Å². The van der Waals surface area contributed by atoms with Gasteiger partial charge in [0.2, 0.25) is 0 Å². The van der Waals surface area contributed by atoms with Crippen LogP contribution in [0, 0.1) is 0 Å². The van der Waals surface area contributed by atoms with E-state index in [9.17, 15) is 0 Å². The SMILES string of the molecule is CCCCCCCCCCCNC1CCC(CCCCCCC)c2ccc1cc2. The summed E-state index contributed by atoms with van der Waals surface area (Å²) in [5, 5.41) is 3.89. The lowest BCUT2D eigenvalue weighted by atomic mass is 9.83. The largest absolute Gasteiger partial charge is 0.310 e. The lowest BCUT2D eigenvalue weighted by Crippen LogP contribution is -2.24. The number of fused-ring (bicyclic) bond motifs is 5. The lowest BCUT2D eigenvalue weighted by Gasteiger charge is -2.27. The van der Waals surface area contributed by atoms with Crippen molar-refractivity contribution in [3.05, 3.63) is 35.4 Å². The minimum Gasteiger partial charge on any atom is -0.310 e. The third-order valence-electron chi connectivity index (χ3n) is 6.94. The Labute approximate surface area is 182 Å². The van der Waals surface area contributed by atoms with E-state index < -0.39 is 0 Å². The van der Waals surface area contributed by atoms with Crippen LogP contribution < -0.4 is 5.32 Å². The van der Waals surface area contributed by atoms with Crippen LogP contribution in [0.2, 0.25) is 0 Å². The first-order valence-electron chi connectivity index (χ1n) is 13.2. The molecule has 0 aliphatic heterocycles. The molecule has 0 saturated heterocycles. The van der Waals surface area contributed by atoms with E-state index in [1.54, 1.807) is 5.56 Å². The third-order valence-corrected chi connectivity index (χ3v) is 6.94. The molecule has 0 amide bonds. The lowest BCUT2D eigenvalue weighted by molar-refractivity contribution is 0.423. The van der Waals surface area contributed by atoms with Crippen molar-refractivity contribution in [3.63, 3.8) is 0 Å². The number of benzene rings is 1. The molecule has 3 rings (SSSR count). The van der Waals surface area contributed by atoms with Gasteiger partial charge in [-0.3, -0.25) is 0 Å². The van der Waals surface area contributed by atoms with Gasteiger partial charge in [-0.1, -0.05) is 122 Å². The molecular formula is C28H49N. The average molecular weight is 400 g/mol. The summed E-state index contributed by atoms with van der Waals surface area (Å²) >= 11 is 0. The van der Waals surface area contributed by atoms with E-state index in [4.69, 9.17) is 0 Å². The molecular weight excluding hydrogens is 350 g/mol. The Hall–Kier alpha value is -0.820. The molecule has 1 N–H and O–H groups in total. The maximum absolute atomic E-state index is 3.89. The van der Waals surface area contributed by atoms with E-state index in [1.165, 1.54) is 121 Å². The van der Waals surface area contributed by atoms with Crippen molar-refractivity contribution in [2.75, 3.05) is 6.54 Å². The van der Waals surface area contributed by atoms with Gasteiger partial charge in [0.1, 0.15) is 0 Å². The summed E-state index contributed by atoms with van der Waals surface area (Å²) in [5.41, 5.74) is 3.09. The molecule has 166 valence electrons. The zero-order chi connectivity index (χ0) is 20.6. The molecule has 0 radical (unpaired) electrons. The Balaban J connectivity index is 1.61. The number of hydrogen-bond donors (Lipinski definition) is 1. The van der Waals surface area contributed by atoms with Gasteiger partial charge >= 0.3 is 0 Å². The molecule has 0 heterocycles. The fraction of sp³-hybridized carbons (Fsp3) is 0.786. The van der Waals surface area contributed by atoms with Gasteiger partial charge in [-0.05, 0) is 49.3 Å². The van der Waals surface area contributed by atoms with E-state index >= 15 is 0 Å². The zero-order valence-corrected chi connectivity index (χ0v) is 19.7. The third kappa shape index (κ3) is 10.2. The Morgan fingerprint density at radius 2 is 1.14 bits per heavy atom. The van der Waals surface area contributed by atoms with Crippen LogP contribution in [0.1, 0.15) is 146 Å². The first-order chi connectivity index (χ1) is 14.3. The average Bonchev–Trinajstić information content (AvgIpc) is 2.73. The summed E-state index contributed by atoms with van der Waals surface area (Å²) in [4.78, 5) is 0. The number of unbranched alkanes of at least 4 members (excludes halogenated alkanes) is 12. The predicted octanol–water partition coefficient (Wildman–Crippen LogP) is 9.09. The van der Waals surface area contributed by atoms with Crippen LogP contribution in [0.25, 0.3) is 0 Å². The van der Waals surface area contributed by atoms with Gasteiger partial charge in [0.05, 0.1) is 0 Å². The summed E-state index contributed by atoms with van der Waals surface area (Å²) in [6.07, 6.45) is 23.8. The van der Waals surface area contributed by atoms with Crippen molar-refractivity contribution in [1.29, 1.82) is 0 Å². The minimum absolute atomic E-state index is 0.570. The van der Waals surface area contributed by atoms with E-state index in [0.29, 0.717) is 6.04 Å². The van der Waals surface area contributed by atoms with Gasteiger partial charge in [-0.15, -0.1) is 0 Å². The standard InChI is InChI=1S/C28H49N/c1-3-5-7-9-10-11-12-14-16-24-29-28-23-22-25(17-15-13-8-6-4-2)26-18-20-27(28)21-19-26/h18-21,25,28-29H,3-17,22-24H2,1-2H3. The summed E-state index contributed by atoms with van der Waals surface area (Å²) in [5.74, 6) is 0.781. The molecule has 0 spiro atoms. The topological polar surface area (TPSA) is 12.0 Å². The van der Waals surface area contributed by atoms with Crippen LogP contribution in [0.4, 0.5) is 0 Å². The highest BCUT2D eigenvalue weighted by molar-refractivity contribution is 5.29. The van der Waals surface area contributed by atoms with E-state index in [-0.39, 0.29) is 0 Å². The molecule has 0 saturated carbocycles. The zero-order valence-electron chi connectivity index (χ0n) is 19.7. The Kier molecular flexibility index (Phi) is 13.4. The fourth-order valence-electron chi connectivity index (χ4n) is 4.94. The van der Waals surface area contributed by atoms with E-state index in [0.717, 1.165) is 5.92 Å². The van der Waals surface area contributed by atoms with Crippen molar-refractivity contribution in [2.24, 2.45) is 0 Å². The second-order valence-corrected chi connectivity index (χ2v) is 9.48. The maximum atomic E-state index is 3.89. The molecule has 2 aliphatic rings. The molecule has 2 unspecified atom stereocenters. The quantitative estimate of drug-likeness (QED) is 0.257. The van der Waals surface area contributed by atoms with Gasteiger partial charge in [0.15, 0.2) is 0 Å². The molecule has 1 nitrogen and oxygen atoms in total. The molecule has 0 fully saturated rings. The smallest absolute Gasteiger partial charge is 0.0320 e. The highest BCUT2D eigenvalue weighted by Gasteiger charge is 2.20. The number of hydrogen-bond acceptors (Lipinski definition) is 1. The van der Waals surface area contributed by atoms with Gasteiger partial charge in [0.25, 0.3) is 0 Å². The normalized spacial score (nSPS) is 18.7. The molecule has 29 heavy (non-hydrogen) atoms. The monoisotopic (exact) mass is 399 g/mol. The second kappa shape index (κ2) is 15.9. The van der Waals surface area contributed by atoms with Gasteiger partial charge in [0, 0.05) is 6.04 Å². The van der Waals surface area contributed by atoms with Crippen LogP contribution >= 0.6 is 0 Å². The van der Waals surface area contributed by atoms with E-state index in [1.807, 2.05) is 0 Å². The second-order valence-electron chi connectivity index (χ2n) is 9.48. The van der Waals surface area contributed by atoms with Gasteiger partial charge in [-0.2, -0.15) is 0 Å². The summed E-state index contributed by atoms with van der Waals surface area (Å²) in [6, 6.07) is 10.2. The summed E-state index contributed by atoms with van der Waals surface area (Å²) in [7, 11) is 0. The highest BCUT2D eigenvalue weighted by atomic mass is 14.9. The molecule has 2 bridgehead atoms. The van der Waals surface area contributed by atoms with Crippen molar-refractivity contribution in [3.8, 4) is 0 Å². The molecule has 0 aromatic heterocycles. The first-order valence-corrected chi connectivity index (χ1v) is 13.2. The Morgan fingerprint density at radius 1 is 0.621 bits per heavy atom. The van der Waals surface area contributed by atoms with Gasteiger partial charge < -0.3 is 5.32 Å². The van der Waals surface area contributed by atoms with Crippen LogP contribution in [0.15, 0.2) is 24.3 Å². The van der Waals surface area contributed by atoms with Crippen LogP contribution in [0.5, 0.6) is 0 Å². The van der Waals surface area contributed by atoms with Gasteiger partial charge in [-0.25, -0.2) is 0 Å². The Bertz CT molecular complexity index is 492. The Morgan fingerprint density at radius 3 is 1.76 bits per heavy atom. The maximum Gasteiger partial charge on any atom is 0.0320 e. The predicted molar refractivity (Wildman–Crippen MR) is 130 cm³/mol. The van der Waals surface area contributed by atoms with E-state index in [2.05, 4.69) is 43.4 Å². The van der Waals surface area contributed by atoms with Crippen molar-refractivity contribution >= 4 is 0 Å². The molecule has 2 atom stereocenters. The van der Waals surface area contributed by atoms with Crippen molar-refractivity contribution in [2.45, 2.75) is 135 Å². The first kappa shape index (κ1) is 24.4. The summed E-state index contributed by atoms with van der Waals surface area (Å²) in [6.45, 7) is 5.79. The molecule has 2 aliphatic carbocycles. The fourth-order valence-corrected chi connectivity index (χ4v) is 4.94. The van der Waals surface area contributed by atoms with Crippen LogP contribution in [-0.4, -0.2) is 6.54 Å². The molecule has 1 heteroatoms. The van der Waals surface area contributed by atoms with Crippen molar-refractivity contribution in [1.82, 2.24) is 5.32 Å². The van der Waals surface area contributed by atoms with Crippen molar-refractivity contribution < 1.29 is 0 Å². The van der Waals surface area contributed by atoms with Crippen LogP contribution in [-0.2, 0) is 0 Å². The number of nitrogens with one attached hydrogen (secondary N) is 1.